The molecule has 0 saturated heterocycles. The lowest BCUT2D eigenvalue weighted by atomic mass is 10.4. The van der Waals surface area contributed by atoms with Gasteiger partial charge >= 0.3 is 0 Å². The second-order valence-electron chi connectivity index (χ2n) is 4.07. The molecule has 1 heterocycles. The molecule has 0 bridgehead atoms. The molecule has 0 fully saturated rings. The van der Waals surface area contributed by atoms with Gasteiger partial charge in [-0.3, -0.25) is 4.79 Å². The van der Waals surface area contributed by atoms with Gasteiger partial charge in [-0.05, 0) is 12.1 Å². The van der Waals surface area contributed by atoms with Crippen LogP contribution in [-0.4, -0.2) is 16.3 Å². The number of rotatable bonds is 1. The van der Waals surface area contributed by atoms with E-state index in [1.807, 2.05) is 60.7 Å². The second kappa shape index (κ2) is 12.4. The van der Waals surface area contributed by atoms with Crippen molar-refractivity contribution in [1.82, 2.24) is 10.4 Å². The molecule has 23 heavy (non-hydrogen) atoms. The van der Waals surface area contributed by atoms with Crippen LogP contribution in [-0.2, 0) is 0 Å². The summed E-state index contributed by atoms with van der Waals surface area (Å²) in [5, 5.41) is 6.01. The maximum Gasteiger partial charge on any atom is 0.269 e. The Balaban J connectivity index is 3.23. The topological polar surface area (TPSA) is 84.9 Å². The van der Waals surface area contributed by atoms with Gasteiger partial charge in [0.05, 0.1) is 0 Å². The van der Waals surface area contributed by atoms with Gasteiger partial charge in [0.1, 0.15) is 6.26 Å². The van der Waals surface area contributed by atoms with Crippen LogP contribution < -0.4 is 5.73 Å². The van der Waals surface area contributed by atoms with E-state index >= 15 is 0 Å². The van der Waals surface area contributed by atoms with Crippen LogP contribution >= 0.6 is 0 Å². The third-order valence-corrected chi connectivity index (χ3v) is 2.32. The molecule has 1 aromatic rings. The molecule has 0 atom stereocenters. The van der Waals surface area contributed by atoms with E-state index < -0.39 is 5.91 Å². The van der Waals surface area contributed by atoms with E-state index in [2.05, 4.69) is 10.4 Å². The Morgan fingerprint density at radius 3 is 1.70 bits per heavy atom. The van der Waals surface area contributed by atoms with Crippen LogP contribution in [0.1, 0.15) is 10.5 Å². The molecule has 1 rings (SSSR count). The van der Waals surface area contributed by atoms with Gasteiger partial charge in [0.15, 0.2) is 5.69 Å². The third-order valence-electron chi connectivity index (χ3n) is 2.32. The fourth-order valence-electron chi connectivity index (χ4n) is 1.28. The van der Waals surface area contributed by atoms with Crippen molar-refractivity contribution in [2.24, 2.45) is 5.73 Å². The molecule has 5 nitrogen and oxygen atoms in total. The first-order chi connectivity index (χ1) is 11.3. The molecule has 0 saturated carbocycles. The zero-order valence-electron chi connectivity index (χ0n) is 12.6. The van der Waals surface area contributed by atoms with Gasteiger partial charge in [-0.15, -0.1) is 10.4 Å². The minimum absolute atomic E-state index is 0.0462. The first-order valence-corrected chi connectivity index (χ1v) is 6.92. The van der Waals surface area contributed by atoms with E-state index in [1.165, 1.54) is 12.3 Å². The van der Waals surface area contributed by atoms with Crippen molar-refractivity contribution in [2.45, 2.75) is 0 Å². The van der Waals surface area contributed by atoms with Crippen LogP contribution in [0.5, 0.6) is 0 Å². The fraction of sp³-hybridized carbons (Fsp3) is 0. The van der Waals surface area contributed by atoms with E-state index in [-0.39, 0.29) is 5.69 Å². The molecule has 1 aromatic heterocycles. The molecule has 0 aliphatic rings. The Kier molecular flexibility index (Phi) is 9.55. The smallest absolute Gasteiger partial charge is 0.269 e. The number of hydrogen-bond acceptors (Lipinski definition) is 3. The SMILES string of the molecule is NC(=O)c1cccccccccccccccco[nH]n1. The first-order valence-electron chi connectivity index (χ1n) is 6.92. The number of aromatic nitrogens is 2. The average molecular weight is 309 g/mol. The summed E-state index contributed by atoms with van der Waals surface area (Å²) in [6.07, 6.45) is 1.39. The van der Waals surface area contributed by atoms with Crippen LogP contribution in [0.2, 0.25) is 0 Å². The highest BCUT2D eigenvalue weighted by Gasteiger charge is 1.95. The molecular weight excluding hydrogens is 290 g/mol. The summed E-state index contributed by atoms with van der Waals surface area (Å²) in [5.74, 6) is -0.660. The number of H-pyrrole nitrogens is 1. The summed E-state index contributed by atoms with van der Waals surface area (Å²) >= 11 is 0. The molecule has 0 aliphatic heterocycles. The molecule has 0 aliphatic carbocycles. The van der Waals surface area contributed by atoms with Crippen LogP contribution in [0.4, 0.5) is 0 Å². The van der Waals surface area contributed by atoms with E-state index in [1.54, 1.807) is 24.3 Å². The van der Waals surface area contributed by atoms with Crippen molar-refractivity contribution in [1.29, 1.82) is 0 Å². The van der Waals surface area contributed by atoms with Gasteiger partial charge in [0, 0.05) is 0 Å². The summed E-state index contributed by atoms with van der Waals surface area (Å²) in [6, 6.07) is 27.2. The van der Waals surface area contributed by atoms with Crippen LogP contribution in [0.15, 0.2) is 102 Å². The average Bonchev–Trinajstić information content (AvgIpc) is 2.53. The molecule has 0 radical (unpaired) electrons. The Hall–Kier alpha value is -3.34. The normalized spacial score (nSPS) is 8.35. The fourth-order valence-corrected chi connectivity index (χ4v) is 1.28. The standard InChI is InChI=1S/C18H19N3O2/c19-18(22)17-15-13-11-9-7-5-3-1-2-4-6-8-10-12-14-16-23-21-20-17/h1-16,21H,(H2,19,22). The van der Waals surface area contributed by atoms with Crippen molar-refractivity contribution in [3.8, 4) is 0 Å². The quantitative estimate of drug-likeness (QED) is 0.831. The van der Waals surface area contributed by atoms with E-state index in [0.29, 0.717) is 0 Å². The van der Waals surface area contributed by atoms with E-state index in [4.69, 9.17) is 10.3 Å². The molecular formula is C18H19N3O2. The number of nitrogens with zero attached hydrogens (tertiary/aromatic N) is 1. The largest absolute Gasteiger partial charge is 0.373 e. The van der Waals surface area contributed by atoms with Crippen LogP contribution in [0, 0.1) is 0 Å². The molecule has 0 spiro atoms. The number of nitrogens with one attached hydrogen (secondary N) is 1. The summed E-state index contributed by atoms with van der Waals surface area (Å²) in [6.45, 7) is 0. The monoisotopic (exact) mass is 309 g/mol. The van der Waals surface area contributed by atoms with Crippen LogP contribution in [0.25, 0.3) is 0 Å². The minimum atomic E-state index is -0.660. The number of aromatic amines is 1. The van der Waals surface area contributed by atoms with Crippen molar-refractivity contribution in [3.05, 3.63) is 103 Å². The number of amides is 1. The van der Waals surface area contributed by atoms with Crippen molar-refractivity contribution >= 4 is 5.91 Å². The van der Waals surface area contributed by atoms with Gasteiger partial charge < -0.3 is 10.3 Å². The van der Waals surface area contributed by atoms with Gasteiger partial charge in [0.2, 0.25) is 0 Å². The highest BCUT2D eigenvalue weighted by molar-refractivity contribution is 5.90. The van der Waals surface area contributed by atoms with E-state index in [0.717, 1.165) is 0 Å². The lowest BCUT2D eigenvalue weighted by Gasteiger charge is -1.85. The maximum absolute atomic E-state index is 11.2. The third kappa shape index (κ3) is 10.1. The van der Waals surface area contributed by atoms with Crippen molar-refractivity contribution in [2.75, 3.05) is 0 Å². The first kappa shape index (κ1) is 17.7. The highest BCUT2D eigenvalue weighted by atomic mass is 16.5. The number of carbonyl (C=O) groups is 1. The Bertz CT molecular complexity index is 654. The zero-order chi connectivity index (χ0) is 16.6. The number of nitrogens with two attached hydrogens (primary N) is 1. The molecule has 0 aromatic carbocycles. The lowest BCUT2D eigenvalue weighted by Crippen LogP contribution is -2.12. The Morgan fingerprint density at radius 1 is 0.783 bits per heavy atom. The predicted octanol–water partition coefficient (Wildman–Crippen LogP) is 3.60. The summed E-state index contributed by atoms with van der Waals surface area (Å²) < 4.78 is 4.91. The molecule has 118 valence electrons. The predicted molar refractivity (Wildman–Crippen MR) is 89.9 cm³/mol. The Labute approximate surface area is 135 Å². The number of primary amides is 1. The number of hydrogen-bond donors (Lipinski definition) is 2. The van der Waals surface area contributed by atoms with Gasteiger partial charge in [-0.25, -0.2) is 0 Å². The summed E-state index contributed by atoms with van der Waals surface area (Å²) in [4.78, 5) is 11.2. The minimum Gasteiger partial charge on any atom is -0.373 e. The van der Waals surface area contributed by atoms with Crippen LogP contribution in [0.3, 0.4) is 0 Å². The molecule has 1 amide bonds. The second-order valence-corrected chi connectivity index (χ2v) is 4.07. The van der Waals surface area contributed by atoms with Crippen molar-refractivity contribution < 1.29 is 9.32 Å². The van der Waals surface area contributed by atoms with Gasteiger partial charge in [-0.2, -0.15) is 0 Å². The highest BCUT2D eigenvalue weighted by Crippen LogP contribution is 1.85. The Morgan fingerprint density at radius 2 is 1.22 bits per heavy atom. The molecule has 5 heteroatoms. The number of carbonyl (C=O) groups excluding carboxylic acids is 1. The van der Waals surface area contributed by atoms with Gasteiger partial charge in [0.25, 0.3) is 5.91 Å². The van der Waals surface area contributed by atoms with E-state index in [9.17, 15) is 4.79 Å². The molecule has 3 N–H and O–H groups in total. The summed E-state index contributed by atoms with van der Waals surface area (Å²) in [5.41, 5.74) is 5.26. The lowest BCUT2D eigenvalue weighted by molar-refractivity contribution is 0.0993. The maximum atomic E-state index is 11.2. The summed E-state index contributed by atoms with van der Waals surface area (Å²) in [7, 11) is 0. The molecule has 0 unspecified atom stereocenters. The zero-order valence-corrected chi connectivity index (χ0v) is 12.6. The van der Waals surface area contributed by atoms with Gasteiger partial charge in [-0.1, -0.05) is 78.9 Å². The van der Waals surface area contributed by atoms with Crippen molar-refractivity contribution in [3.63, 3.8) is 0 Å².